The third kappa shape index (κ3) is 3.59. The lowest BCUT2D eigenvalue weighted by Gasteiger charge is -2.29. The van der Waals surface area contributed by atoms with E-state index in [0.29, 0.717) is 18.6 Å². The minimum absolute atomic E-state index is 0.120. The molecule has 0 saturated carbocycles. The van der Waals surface area contributed by atoms with E-state index in [9.17, 15) is 13.2 Å². The van der Waals surface area contributed by atoms with Gasteiger partial charge in [0.25, 0.3) is 0 Å². The monoisotopic (exact) mass is 323 g/mol. The summed E-state index contributed by atoms with van der Waals surface area (Å²) in [7, 11) is -3.60. The molecule has 118 valence electrons. The summed E-state index contributed by atoms with van der Waals surface area (Å²) < 4.78 is 31.5. The quantitative estimate of drug-likeness (QED) is 0.823. The van der Waals surface area contributed by atoms with Gasteiger partial charge in [0.15, 0.2) is 0 Å². The Balaban J connectivity index is 2.07. The zero-order valence-electron chi connectivity index (χ0n) is 11.9. The molecule has 1 heterocycles. The second-order valence-electron chi connectivity index (χ2n) is 4.98. The Labute approximate surface area is 129 Å². The highest BCUT2D eigenvalue weighted by Crippen LogP contribution is 2.25. The molecule has 0 radical (unpaired) electrons. The molecule has 1 aliphatic heterocycles. The van der Waals surface area contributed by atoms with Crippen molar-refractivity contribution in [2.75, 3.05) is 19.7 Å². The second kappa shape index (κ2) is 6.81. The number of rotatable bonds is 5. The van der Waals surface area contributed by atoms with Crippen LogP contribution < -0.4 is 4.74 Å². The molecule has 0 bridgehead atoms. The molecule has 0 aliphatic carbocycles. The molecule has 22 heavy (non-hydrogen) atoms. The van der Waals surface area contributed by atoms with Gasteiger partial charge in [-0.25, -0.2) is 8.42 Å². The predicted molar refractivity (Wildman–Crippen MR) is 79.9 cm³/mol. The van der Waals surface area contributed by atoms with Gasteiger partial charge >= 0.3 is 5.97 Å². The number of hydrogen-bond acceptors (Lipinski definition) is 4. The van der Waals surface area contributed by atoms with Crippen LogP contribution >= 0.6 is 0 Å². The van der Waals surface area contributed by atoms with Gasteiger partial charge in [0, 0.05) is 13.1 Å². The molecule has 1 aromatic rings. The van der Waals surface area contributed by atoms with E-state index in [1.807, 2.05) is 0 Å². The molecule has 0 spiro atoms. The molecule has 0 aromatic heterocycles. The van der Waals surface area contributed by atoms with Gasteiger partial charge in [0.2, 0.25) is 10.0 Å². The average Bonchev–Trinajstić information content (AvgIpc) is 2.53. The van der Waals surface area contributed by atoms with E-state index in [4.69, 9.17) is 16.3 Å². The van der Waals surface area contributed by atoms with Crippen molar-refractivity contribution in [2.45, 2.75) is 17.7 Å². The highest BCUT2D eigenvalue weighted by molar-refractivity contribution is 7.89. The lowest BCUT2D eigenvalue weighted by atomic mass is 9.99. The van der Waals surface area contributed by atoms with Crippen LogP contribution in [0.25, 0.3) is 0 Å². The lowest BCUT2D eigenvalue weighted by molar-refractivity contribution is -0.142. The smallest absolute Gasteiger partial charge is 0.306 e. The Morgan fingerprint density at radius 1 is 1.32 bits per heavy atom. The zero-order chi connectivity index (χ0) is 16.2. The van der Waals surface area contributed by atoms with Gasteiger partial charge in [-0.05, 0) is 37.1 Å². The minimum Gasteiger partial charge on any atom is -0.481 e. The number of carboxylic acids is 1. The highest BCUT2D eigenvalue weighted by atomic mass is 32.2. The number of piperidine rings is 1. The molecule has 6 nitrogen and oxygen atoms in total. The van der Waals surface area contributed by atoms with Crippen molar-refractivity contribution < 1.29 is 23.1 Å². The van der Waals surface area contributed by atoms with Crippen LogP contribution in [-0.2, 0) is 14.8 Å². The van der Waals surface area contributed by atoms with E-state index in [-0.39, 0.29) is 24.6 Å². The van der Waals surface area contributed by atoms with Gasteiger partial charge in [-0.15, -0.1) is 6.42 Å². The number of aliphatic carboxylic acids is 1. The third-order valence-electron chi connectivity index (χ3n) is 3.59. The Hall–Kier alpha value is -2.04. The number of nitrogens with zero attached hydrogens (tertiary/aromatic N) is 1. The average molecular weight is 323 g/mol. The first kappa shape index (κ1) is 16.3. The summed E-state index contributed by atoms with van der Waals surface area (Å²) in [5, 5.41) is 8.95. The van der Waals surface area contributed by atoms with E-state index in [1.165, 1.54) is 16.4 Å². The van der Waals surface area contributed by atoms with Crippen molar-refractivity contribution in [1.29, 1.82) is 0 Å². The maximum absolute atomic E-state index is 12.5. The van der Waals surface area contributed by atoms with Crippen LogP contribution in [0.4, 0.5) is 0 Å². The van der Waals surface area contributed by atoms with Crippen LogP contribution in [0.1, 0.15) is 12.8 Å². The Bertz CT molecular complexity index is 667. The summed E-state index contributed by atoms with van der Waals surface area (Å²) in [6.07, 6.45) is 5.75. The number of benzene rings is 1. The predicted octanol–water partition coefficient (Wildman–Crippen LogP) is 1.18. The standard InChI is InChI=1S/C15H17NO5S/c1-2-11-21-13-3-5-14(6-4-13)22(19,20)16-9-7-12(8-10-16)15(17)18/h1,3-6,12H,7-11H2,(H,17,18). The molecular formula is C15H17NO5S. The Morgan fingerprint density at radius 3 is 2.41 bits per heavy atom. The van der Waals surface area contributed by atoms with Crippen molar-refractivity contribution in [1.82, 2.24) is 4.31 Å². The fourth-order valence-corrected chi connectivity index (χ4v) is 3.79. The van der Waals surface area contributed by atoms with Crippen LogP contribution in [0.5, 0.6) is 5.75 Å². The molecular weight excluding hydrogens is 306 g/mol. The molecule has 0 atom stereocenters. The third-order valence-corrected chi connectivity index (χ3v) is 5.50. The summed E-state index contributed by atoms with van der Waals surface area (Å²) in [6.45, 7) is 0.554. The van der Waals surface area contributed by atoms with Gasteiger partial charge in [0.1, 0.15) is 12.4 Å². The van der Waals surface area contributed by atoms with E-state index in [0.717, 1.165) is 0 Å². The van der Waals surface area contributed by atoms with Gasteiger partial charge in [-0.2, -0.15) is 4.31 Å². The highest BCUT2D eigenvalue weighted by Gasteiger charge is 2.31. The molecule has 1 aromatic carbocycles. The Kier molecular flexibility index (Phi) is 5.06. The molecule has 7 heteroatoms. The summed E-state index contributed by atoms with van der Waals surface area (Å²) in [4.78, 5) is 11.1. The fraction of sp³-hybridized carbons (Fsp3) is 0.400. The first-order valence-corrected chi connectivity index (χ1v) is 8.28. The summed E-state index contributed by atoms with van der Waals surface area (Å²) in [5.41, 5.74) is 0. The molecule has 1 saturated heterocycles. The van der Waals surface area contributed by atoms with E-state index >= 15 is 0 Å². The van der Waals surface area contributed by atoms with Crippen LogP contribution in [-0.4, -0.2) is 43.5 Å². The van der Waals surface area contributed by atoms with Gasteiger partial charge in [0.05, 0.1) is 10.8 Å². The van der Waals surface area contributed by atoms with Crippen LogP contribution in [0, 0.1) is 18.3 Å². The number of sulfonamides is 1. The number of carboxylic acid groups (broad SMARTS) is 1. The maximum Gasteiger partial charge on any atom is 0.306 e. The molecule has 1 N–H and O–H groups in total. The number of carbonyl (C=O) groups is 1. The van der Waals surface area contributed by atoms with Crippen molar-refractivity contribution in [3.63, 3.8) is 0 Å². The van der Waals surface area contributed by atoms with Crippen molar-refractivity contribution >= 4 is 16.0 Å². The van der Waals surface area contributed by atoms with Crippen molar-refractivity contribution in [3.05, 3.63) is 24.3 Å². The molecule has 1 fully saturated rings. The van der Waals surface area contributed by atoms with Crippen molar-refractivity contribution in [2.24, 2.45) is 5.92 Å². The number of hydrogen-bond donors (Lipinski definition) is 1. The van der Waals surface area contributed by atoms with Crippen LogP contribution in [0.15, 0.2) is 29.2 Å². The molecule has 0 amide bonds. The first-order chi connectivity index (χ1) is 10.4. The summed E-state index contributed by atoms with van der Waals surface area (Å²) in [6, 6.07) is 6.03. The van der Waals surface area contributed by atoms with Gasteiger partial charge in [-0.3, -0.25) is 4.79 Å². The molecule has 2 rings (SSSR count). The van der Waals surface area contributed by atoms with E-state index in [1.54, 1.807) is 12.1 Å². The number of terminal acetylenes is 1. The Morgan fingerprint density at radius 2 is 1.91 bits per heavy atom. The SMILES string of the molecule is C#CCOc1ccc(S(=O)(=O)N2CCC(C(=O)O)CC2)cc1. The number of ether oxygens (including phenoxy) is 1. The maximum atomic E-state index is 12.5. The summed E-state index contributed by atoms with van der Waals surface area (Å²) in [5.74, 6) is 1.50. The first-order valence-electron chi connectivity index (χ1n) is 6.84. The van der Waals surface area contributed by atoms with Crippen LogP contribution in [0.3, 0.4) is 0 Å². The van der Waals surface area contributed by atoms with Crippen LogP contribution in [0.2, 0.25) is 0 Å². The normalized spacial score (nSPS) is 16.9. The second-order valence-corrected chi connectivity index (χ2v) is 6.92. The summed E-state index contributed by atoms with van der Waals surface area (Å²) >= 11 is 0. The zero-order valence-corrected chi connectivity index (χ0v) is 12.8. The van der Waals surface area contributed by atoms with E-state index in [2.05, 4.69) is 5.92 Å². The van der Waals surface area contributed by atoms with E-state index < -0.39 is 21.9 Å². The topological polar surface area (TPSA) is 83.9 Å². The van der Waals surface area contributed by atoms with Gasteiger partial charge < -0.3 is 9.84 Å². The largest absolute Gasteiger partial charge is 0.481 e. The minimum atomic E-state index is -3.60. The lowest BCUT2D eigenvalue weighted by Crippen LogP contribution is -2.40. The fourth-order valence-electron chi connectivity index (χ4n) is 2.33. The van der Waals surface area contributed by atoms with Crippen molar-refractivity contribution in [3.8, 4) is 18.1 Å². The molecule has 1 aliphatic rings. The van der Waals surface area contributed by atoms with Gasteiger partial charge in [-0.1, -0.05) is 5.92 Å². The molecule has 0 unspecified atom stereocenters.